The molecule has 25 heavy (non-hydrogen) atoms. The van der Waals surface area contributed by atoms with Gasteiger partial charge in [0.2, 0.25) is 0 Å². The van der Waals surface area contributed by atoms with E-state index in [0.717, 1.165) is 16.6 Å². The molecule has 0 radical (unpaired) electrons. The highest BCUT2D eigenvalue weighted by molar-refractivity contribution is 5.90. The number of fused-ring (bicyclic) bond motifs is 1. The molecule has 3 nitrogen and oxygen atoms in total. The van der Waals surface area contributed by atoms with Gasteiger partial charge in [0.1, 0.15) is 11.6 Å². The largest absolute Gasteiger partial charge is 0.371 e. The summed E-state index contributed by atoms with van der Waals surface area (Å²) in [7, 11) is 0. The Labute approximate surface area is 144 Å². The number of hydrogen-bond acceptors (Lipinski definition) is 2. The Morgan fingerprint density at radius 2 is 1.64 bits per heavy atom. The van der Waals surface area contributed by atoms with Gasteiger partial charge in [-0.25, -0.2) is 4.39 Å². The summed E-state index contributed by atoms with van der Waals surface area (Å²) < 4.78 is 15.6. The van der Waals surface area contributed by atoms with Crippen LogP contribution in [0.2, 0.25) is 0 Å². The van der Waals surface area contributed by atoms with Crippen molar-refractivity contribution in [1.82, 2.24) is 4.73 Å². The maximum absolute atomic E-state index is 14.1. The zero-order valence-corrected chi connectivity index (χ0v) is 13.2. The normalized spacial score (nSPS) is 10.6. The molecule has 0 atom stereocenters. The Morgan fingerprint density at radius 3 is 2.40 bits per heavy atom. The van der Waals surface area contributed by atoms with Crippen molar-refractivity contribution in [2.24, 2.45) is 0 Å². The van der Waals surface area contributed by atoms with E-state index in [9.17, 15) is 9.65 Å². The van der Waals surface area contributed by atoms with E-state index in [-0.39, 0.29) is 5.75 Å². The summed E-state index contributed by atoms with van der Waals surface area (Å²) in [4.78, 5) is 5.88. The van der Waals surface area contributed by atoms with Crippen LogP contribution in [-0.2, 0) is 0 Å². The van der Waals surface area contributed by atoms with Crippen LogP contribution in [0.4, 0.5) is 4.39 Å². The molecule has 0 fully saturated rings. The fraction of sp³-hybridized carbons (Fsp3) is 0. The van der Waals surface area contributed by atoms with Gasteiger partial charge in [0, 0.05) is 10.9 Å². The molecule has 0 aliphatic carbocycles. The average molecular weight is 328 g/mol. The smallest absolute Gasteiger partial charge is 0.191 e. The van der Waals surface area contributed by atoms with Crippen molar-refractivity contribution in [3.05, 3.63) is 90.2 Å². The van der Waals surface area contributed by atoms with E-state index in [4.69, 9.17) is 4.84 Å². The van der Waals surface area contributed by atoms with Crippen LogP contribution < -0.4 is 4.84 Å². The molecule has 4 heteroatoms. The Kier molecular flexibility index (Phi) is 3.68. The zero-order chi connectivity index (χ0) is 17.2. The SMILES string of the molecule is N#Cc1cccc2cc(-c3ccccc3)n(Oc3ccccc3F)c12. The van der Waals surface area contributed by atoms with Gasteiger partial charge in [0.15, 0.2) is 11.6 Å². The summed E-state index contributed by atoms with van der Waals surface area (Å²) in [6.07, 6.45) is 0. The summed E-state index contributed by atoms with van der Waals surface area (Å²) in [5, 5.41) is 10.3. The first-order valence-corrected chi connectivity index (χ1v) is 7.81. The monoisotopic (exact) mass is 328 g/mol. The zero-order valence-electron chi connectivity index (χ0n) is 13.2. The Hall–Kier alpha value is -3.58. The highest BCUT2D eigenvalue weighted by atomic mass is 19.1. The molecule has 3 aromatic carbocycles. The van der Waals surface area contributed by atoms with E-state index < -0.39 is 5.82 Å². The molecule has 0 bridgehead atoms. The van der Waals surface area contributed by atoms with E-state index in [1.807, 2.05) is 48.5 Å². The van der Waals surface area contributed by atoms with Gasteiger partial charge >= 0.3 is 0 Å². The lowest BCUT2D eigenvalue weighted by molar-refractivity contribution is 0.222. The van der Waals surface area contributed by atoms with E-state index >= 15 is 0 Å². The van der Waals surface area contributed by atoms with E-state index in [1.165, 1.54) is 10.8 Å². The van der Waals surface area contributed by atoms with Gasteiger partial charge in [-0.3, -0.25) is 0 Å². The minimum Gasteiger partial charge on any atom is -0.371 e. The summed E-state index contributed by atoms with van der Waals surface area (Å²) in [6.45, 7) is 0. The van der Waals surface area contributed by atoms with Crippen molar-refractivity contribution in [3.63, 3.8) is 0 Å². The van der Waals surface area contributed by atoms with E-state index in [0.29, 0.717) is 11.1 Å². The quantitative estimate of drug-likeness (QED) is 0.521. The minimum atomic E-state index is -0.460. The number of hydrogen-bond donors (Lipinski definition) is 0. The first-order valence-electron chi connectivity index (χ1n) is 7.81. The first kappa shape index (κ1) is 15.0. The lowest BCUT2D eigenvalue weighted by Gasteiger charge is -2.13. The minimum absolute atomic E-state index is 0.102. The van der Waals surface area contributed by atoms with Crippen LogP contribution in [0.25, 0.3) is 22.2 Å². The predicted octanol–water partition coefficient (Wildman–Crippen LogP) is 5.16. The summed E-state index contributed by atoms with van der Waals surface area (Å²) in [5.41, 5.74) is 2.75. The van der Waals surface area contributed by atoms with Crippen LogP contribution in [-0.4, -0.2) is 4.73 Å². The van der Waals surface area contributed by atoms with Crippen molar-refractivity contribution in [3.8, 4) is 23.1 Å². The van der Waals surface area contributed by atoms with Crippen LogP contribution in [0.3, 0.4) is 0 Å². The second-order valence-corrected chi connectivity index (χ2v) is 5.57. The second-order valence-electron chi connectivity index (χ2n) is 5.57. The molecule has 0 saturated heterocycles. The fourth-order valence-electron chi connectivity index (χ4n) is 2.84. The Morgan fingerprint density at radius 1 is 0.880 bits per heavy atom. The third-order valence-corrected chi connectivity index (χ3v) is 4.00. The summed E-state index contributed by atoms with van der Waals surface area (Å²) in [6, 6.07) is 25.4. The van der Waals surface area contributed by atoms with Crippen LogP contribution >= 0.6 is 0 Å². The topological polar surface area (TPSA) is 38.0 Å². The molecule has 0 unspecified atom stereocenters. The van der Waals surface area contributed by atoms with Crippen molar-refractivity contribution in [1.29, 1.82) is 5.26 Å². The molecule has 120 valence electrons. The molecule has 1 heterocycles. The number of rotatable bonds is 3. The number of nitriles is 1. The molecule has 0 N–H and O–H groups in total. The first-order chi connectivity index (χ1) is 12.3. The molecule has 0 aliphatic heterocycles. The Bertz CT molecular complexity index is 1090. The molecule has 0 amide bonds. The van der Waals surface area contributed by atoms with Gasteiger partial charge in [-0.1, -0.05) is 54.6 Å². The maximum Gasteiger partial charge on any atom is 0.191 e. The highest BCUT2D eigenvalue weighted by Gasteiger charge is 2.16. The molecule has 4 aromatic rings. The van der Waals surface area contributed by atoms with Gasteiger partial charge in [-0.05, 0) is 24.3 Å². The number of nitrogens with zero attached hydrogens (tertiary/aromatic N) is 2. The van der Waals surface area contributed by atoms with E-state index in [1.54, 1.807) is 24.3 Å². The number of halogens is 1. The van der Waals surface area contributed by atoms with Crippen molar-refractivity contribution >= 4 is 10.9 Å². The van der Waals surface area contributed by atoms with Crippen molar-refractivity contribution in [2.45, 2.75) is 0 Å². The molecule has 4 rings (SSSR count). The van der Waals surface area contributed by atoms with Crippen LogP contribution in [0.5, 0.6) is 5.75 Å². The number of para-hydroxylation sites is 2. The van der Waals surface area contributed by atoms with Gasteiger partial charge in [-0.2, -0.15) is 9.99 Å². The molecule has 0 spiro atoms. The second kappa shape index (κ2) is 6.14. The molecule has 0 saturated carbocycles. The average Bonchev–Trinajstić information content (AvgIpc) is 3.03. The molecular formula is C21H13FN2O. The third-order valence-electron chi connectivity index (χ3n) is 4.00. The lowest BCUT2D eigenvalue weighted by Crippen LogP contribution is -2.08. The van der Waals surface area contributed by atoms with Crippen LogP contribution in [0.15, 0.2) is 78.9 Å². The lowest BCUT2D eigenvalue weighted by atomic mass is 10.1. The summed E-state index contributed by atoms with van der Waals surface area (Å²) >= 11 is 0. The number of benzene rings is 3. The molecular weight excluding hydrogens is 315 g/mol. The van der Waals surface area contributed by atoms with Gasteiger partial charge in [0.05, 0.1) is 11.3 Å². The van der Waals surface area contributed by atoms with Gasteiger partial charge in [-0.15, -0.1) is 0 Å². The van der Waals surface area contributed by atoms with Gasteiger partial charge in [0.25, 0.3) is 0 Å². The van der Waals surface area contributed by atoms with Crippen molar-refractivity contribution in [2.75, 3.05) is 0 Å². The van der Waals surface area contributed by atoms with Crippen LogP contribution in [0, 0.1) is 17.1 Å². The predicted molar refractivity (Wildman–Crippen MR) is 94.5 cm³/mol. The highest BCUT2D eigenvalue weighted by Crippen LogP contribution is 2.31. The molecule has 0 aliphatic rings. The fourth-order valence-corrected chi connectivity index (χ4v) is 2.84. The number of aromatic nitrogens is 1. The standard InChI is InChI=1S/C21H13FN2O/c22-18-11-4-5-12-20(18)25-24-19(15-7-2-1-3-8-15)13-16-9-6-10-17(14-23)21(16)24/h1-13H. The van der Waals surface area contributed by atoms with Gasteiger partial charge < -0.3 is 4.84 Å². The van der Waals surface area contributed by atoms with Crippen LogP contribution in [0.1, 0.15) is 5.56 Å². The molecule has 1 aromatic heterocycles. The maximum atomic E-state index is 14.1. The van der Waals surface area contributed by atoms with E-state index in [2.05, 4.69) is 6.07 Å². The van der Waals surface area contributed by atoms with Crippen molar-refractivity contribution < 1.29 is 9.23 Å². The third kappa shape index (κ3) is 2.62. The Balaban J connectivity index is 1.99. The summed E-state index contributed by atoms with van der Waals surface area (Å²) in [5.74, 6) is -0.359.